The molecule has 6 rings (SSSR count). The van der Waals surface area contributed by atoms with Gasteiger partial charge in [0, 0.05) is 37.2 Å². The first-order chi connectivity index (χ1) is 31.6. The number of carboxylic acid groups (broad SMARTS) is 1. The predicted molar refractivity (Wildman–Crippen MR) is 250 cm³/mol. The van der Waals surface area contributed by atoms with Crippen LogP contribution in [-0.2, 0) is 39.8 Å². The molecule has 2 aliphatic rings. The Hall–Kier alpha value is -6.09. The maximum Gasteiger partial charge on any atom is 0.410 e. The molecule has 66 heavy (non-hydrogen) atoms. The molecule has 352 valence electrons. The average molecular weight is 923 g/mol. The van der Waals surface area contributed by atoms with Crippen LogP contribution < -0.4 is 10.6 Å². The third-order valence-electron chi connectivity index (χ3n) is 12.7. The second-order valence-corrected chi connectivity index (χ2v) is 18.7. The van der Waals surface area contributed by atoms with E-state index in [1.54, 1.807) is 12.3 Å². The Morgan fingerprint density at radius 1 is 0.848 bits per heavy atom. The maximum atomic E-state index is 14.2. The number of ether oxygens (including phenoxy) is 3. The van der Waals surface area contributed by atoms with Crippen LogP contribution >= 0.6 is 11.3 Å². The molecule has 3 N–H and O–H groups in total. The molecule has 0 radical (unpaired) electrons. The Kier molecular flexibility index (Phi) is 17.1. The van der Waals surface area contributed by atoms with Gasteiger partial charge >= 0.3 is 24.0 Å². The molecule has 4 aromatic rings. The van der Waals surface area contributed by atoms with Crippen molar-refractivity contribution in [2.24, 2.45) is 17.8 Å². The highest BCUT2D eigenvalue weighted by Crippen LogP contribution is 2.44. The van der Waals surface area contributed by atoms with E-state index in [4.69, 9.17) is 14.2 Å². The quantitative estimate of drug-likeness (QED) is 0.0569. The van der Waals surface area contributed by atoms with Crippen molar-refractivity contribution in [3.8, 4) is 11.1 Å². The molecule has 0 bridgehead atoms. The van der Waals surface area contributed by atoms with Crippen molar-refractivity contribution in [1.29, 1.82) is 0 Å². The van der Waals surface area contributed by atoms with Crippen molar-refractivity contribution in [3.05, 3.63) is 112 Å². The molecule has 2 heterocycles. The van der Waals surface area contributed by atoms with Crippen LogP contribution in [0.25, 0.3) is 11.1 Å². The minimum Gasteiger partial charge on any atom is -0.481 e. The van der Waals surface area contributed by atoms with E-state index in [0.717, 1.165) is 45.6 Å². The summed E-state index contributed by atoms with van der Waals surface area (Å²) in [4.78, 5) is 85.9. The minimum atomic E-state index is -1.05. The van der Waals surface area contributed by atoms with Crippen molar-refractivity contribution >= 4 is 47.2 Å². The molecule has 0 saturated carbocycles. The summed E-state index contributed by atoms with van der Waals surface area (Å²) in [6, 6.07) is 23.2. The SMILES string of the molecule is CC[C@@H](C)[C@@H](NC(=O)[C@@H]1CCCCN1C(=O)OCC1c2ccccc2-c2ccccc21)C(=O)O[C@H](C[C@@H](OC(C)=O)c1nc(C(=O)N[C@@H](Cc2ccccc2)C[C@H](C)C(=O)O)cs1)C(C)C. The maximum absolute atomic E-state index is 14.2. The number of rotatable bonds is 20. The summed E-state index contributed by atoms with van der Waals surface area (Å²) < 4.78 is 17.9. The molecule has 3 amide bonds. The van der Waals surface area contributed by atoms with Crippen LogP contribution in [0.15, 0.2) is 84.2 Å². The minimum absolute atomic E-state index is 0.0175. The number of aromatic nitrogens is 1. The normalized spacial score (nSPS) is 17.3. The number of hydrogen-bond donors (Lipinski definition) is 3. The van der Waals surface area contributed by atoms with E-state index in [9.17, 15) is 33.9 Å². The lowest BCUT2D eigenvalue weighted by Gasteiger charge is -2.35. The van der Waals surface area contributed by atoms with Gasteiger partial charge in [-0.15, -0.1) is 11.3 Å². The second kappa shape index (κ2) is 22.9. The largest absolute Gasteiger partial charge is 0.481 e. The van der Waals surface area contributed by atoms with Gasteiger partial charge in [-0.25, -0.2) is 14.6 Å². The molecule has 3 aromatic carbocycles. The Morgan fingerprint density at radius 3 is 2.12 bits per heavy atom. The summed E-state index contributed by atoms with van der Waals surface area (Å²) in [5, 5.41) is 17.3. The second-order valence-electron chi connectivity index (χ2n) is 17.8. The number of benzene rings is 3. The summed E-state index contributed by atoms with van der Waals surface area (Å²) in [6.45, 7) is 10.8. The summed E-state index contributed by atoms with van der Waals surface area (Å²) in [5.41, 5.74) is 5.40. The van der Waals surface area contributed by atoms with Gasteiger partial charge in [0.25, 0.3) is 5.91 Å². The number of carbonyl (C=O) groups is 6. The van der Waals surface area contributed by atoms with Gasteiger partial charge in [-0.3, -0.25) is 24.1 Å². The first kappa shape index (κ1) is 49.3. The highest BCUT2D eigenvalue weighted by atomic mass is 32.1. The fraction of sp³-hybridized carbons (Fsp3) is 0.471. The van der Waals surface area contributed by atoms with Gasteiger partial charge in [0.1, 0.15) is 35.5 Å². The van der Waals surface area contributed by atoms with Crippen molar-refractivity contribution < 1.29 is 48.1 Å². The van der Waals surface area contributed by atoms with E-state index in [2.05, 4.69) is 27.8 Å². The molecule has 15 heteroatoms. The zero-order valence-corrected chi connectivity index (χ0v) is 39.4. The zero-order valence-electron chi connectivity index (χ0n) is 38.6. The highest BCUT2D eigenvalue weighted by molar-refractivity contribution is 7.09. The van der Waals surface area contributed by atoms with Crippen LogP contribution in [0.3, 0.4) is 0 Å². The number of fused-ring (bicyclic) bond motifs is 3. The van der Waals surface area contributed by atoms with Gasteiger partial charge in [0.15, 0.2) is 6.10 Å². The molecular formula is C51H62N4O10S. The number of carboxylic acids is 1. The van der Waals surface area contributed by atoms with Gasteiger partial charge in [-0.2, -0.15) is 0 Å². The summed E-state index contributed by atoms with van der Waals surface area (Å²) >= 11 is 1.11. The number of thiazole rings is 1. The number of esters is 2. The van der Waals surface area contributed by atoms with Crippen LogP contribution in [0.2, 0.25) is 0 Å². The standard InChI is InChI=1S/C51H62N4O10S/c1-7-31(4)45(54-47(58)42-23-15-16-24-55(42)51(62)63-28-40-38-21-13-11-19-36(38)37-20-12-14-22-39(37)40)50(61)65-43(30(2)3)27-44(64-33(6)56)48-53-41(29-66-48)46(57)52-35(25-32(5)49(59)60)26-34-17-9-8-10-18-34/h8-14,17-22,29-32,35,40,42-45H,7,15-16,23-28H2,1-6H3,(H,52,57)(H,54,58)(H,59,60)/t31-,32+,35-,42+,43-,44-,45-/m1/s1. The van der Waals surface area contributed by atoms with Crippen LogP contribution in [0, 0.1) is 17.8 Å². The van der Waals surface area contributed by atoms with Crippen molar-refractivity contribution in [3.63, 3.8) is 0 Å². The number of aliphatic carboxylic acids is 1. The third kappa shape index (κ3) is 12.4. The molecule has 1 aliphatic heterocycles. The molecular weight excluding hydrogens is 861 g/mol. The van der Waals surface area contributed by atoms with E-state index >= 15 is 0 Å². The van der Waals surface area contributed by atoms with E-state index < -0.39 is 72.1 Å². The lowest BCUT2D eigenvalue weighted by atomic mass is 9.96. The Morgan fingerprint density at radius 2 is 1.50 bits per heavy atom. The molecule has 1 aliphatic carbocycles. The summed E-state index contributed by atoms with van der Waals surface area (Å²) in [7, 11) is 0. The Labute approximate surface area is 390 Å². The van der Waals surface area contributed by atoms with Crippen LogP contribution in [0.4, 0.5) is 4.79 Å². The van der Waals surface area contributed by atoms with Crippen molar-refractivity contribution in [2.45, 2.75) is 123 Å². The first-order valence-corrected chi connectivity index (χ1v) is 23.9. The Bertz CT molecular complexity index is 2290. The number of piperidine rings is 1. The number of carbonyl (C=O) groups excluding carboxylic acids is 5. The molecule has 14 nitrogen and oxygen atoms in total. The fourth-order valence-electron chi connectivity index (χ4n) is 8.73. The van der Waals surface area contributed by atoms with Crippen molar-refractivity contribution in [1.82, 2.24) is 20.5 Å². The van der Waals surface area contributed by atoms with Crippen LogP contribution in [0.1, 0.15) is 124 Å². The van der Waals surface area contributed by atoms with Gasteiger partial charge in [0.2, 0.25) is 5.91 Å². The number of hydrogen-bond acceptors (Lipinski definition) is 11. The molecule has 1 fully saturated rings. The van der Waals surface area contributed by atoms with Gasteiger partial charge in [0.05, 0.1) is 5.92 Å². The summed E-state index contributed by atoms with van der Waals surface area (Å²) in [6.07, 6.45) is 0.619. The number of amides is 3. The molecule has 0 unspecified atom stereocenters. The Balaban J connectivity index is 1.11. The van der Waals surface area contributed by atoms with Gasteiger partial charge in [-0.05, 0) is 71.8 Å². The monoisotopic (exact) mass is 922 g/mol. The number of nitrogens with zero attached hydrogens (tertiary/aromatic N) is 2. The van der Waals surface area contributed by atoms with E-state index in [1.807, 2.05) is 94.4 Å². The van der Waals surface area contributed by atoms with Gasteiger partial charge in [-0.1, -0.05) is 120 Å². The molecule has 7 atom stereocenters. The van der Waals surface area contributed by atoms with Crippen LogP contribution in [0.5, 0.6) is 0 Å². The van der Waals surface area contributed by atoms with E-state index in [0.29, 0.717) is 37.2 Å². The average Bonchev–Trinajstić information content (AvgIpc) is 3.93. The fourth-order valence-corrected chi connectivity index (χ4v) is 9.57. The zero-order chi connectivity index (χ0) is 47.5. The van der Waals surface area contributed by atoms with E-state index in [1.165, 1.54) is 11.8 Å². The smallest absolute Gasteiger partial charge is 0.410 e. The first-order valence-electron chi connectivity index (χ1n) is 23.0. The number of likely N-dealkylation sites (tertiary alicyclic amines) is 1. The predicted octanol–water partition coefficient (Wildman–Crippen LogP) is 8.49. The van der Waals surface area contributed by atoms with Gasteiger partial charge < -0.3 is 30.0 Å². The van der Waals surface area contributed by atoms with Crippen LogP contribution in [-0.4, -0.2) is 88.2 Å². The highest BCUT2D eigenvalue weighted by Gasteiger charge is 2.39. The lowest BCUT2D eigenvalue weighted by molar-refractivity contribution is -0.161. The topological polar surface area (TPSA) is 191 Å². The number of nitrogens with one attached hydrogen (secondary N) is 2. The van der Waals surface area contributed by atoms with Crippen molar-refractivity contribution in [2.75, 3.05) is 13.2 Å². The molecule has 1 saturated heterocycles. The molecule has 0 spiro atoms. The lowest BCUT2D eigenvalue weighted by Crippen LogP contribution is -2.56. The molecule has 1 aromatic heterocycles. The third-order valence-corrected chi connectivity index (χ3v) is 13.6. The van der Waals surface area contributed by atoms with E-state index in [-0.39, 0.29) is 42.9 Å². The summed E-state index contributed by atoms with van der Waals surface area (Å²) in [5.74, 6) is -4.67.